The van der Waals surface area contributed by atoms with Crippen LogP contribution in [0.2, 0.25) is 0 Å². The average Bonchev–Trinajstić information content (AvgIpc) is 2.95. The van der Waals surface area contributed by atoms with E-state index in [0.717, 1.165) is 44.6 Å². The highest BCUT2D eigenvalue weighted by atomic mass is 32.2. The number of thiophene rings is 1. The summed E-state index contributed by atoms with van der Waals surface area (Å²) >= 11 is 2.61. The molecule has 2 aromatic heterocycles. The zero-order chi connectivity index (χ0) is 21.1. The van der Waals surface area contributed by atoms with Gasteiger partial charge in [0.25, 0.3) is 0 Å². The highest BCUT2D eigenvalue weighted by Crippen LogP contribution is 2.33. The Morgan fingerprint density at radius 2 is 1.93 bits per heavy atom. The molecule has 4 N–H and O–H groups in total. The molecule has 7 nitrogen and oxygen atoms in total. The highest BCUT2D eigenvalue weighted by Gasteiger charge is 2.14. The van der Waals surface area contributed by atoms with E-state index in [9.17, 15) is 18.4 Å². The van der Waals surface area contributed by atoms with E-state index in [1.165, 1.54) is 17.4 Å². The number of nitrogens with zero attached hydrogens (tertiary/aromatic N) is 2. The number of hydrogen-bond donors (Lipinski definition) is 3. The first-order chi connectivity index (χ1) is 13.7. The smallest absolute Gasteiger partial charge is 0.243 e. The number of nitrogens with two attached hydrogens (primary N) is 1. The van der Waals surface area contributed by atoms with E-state index >= 15 is 0 Å². The minimum Gasteiger partial charge on any atom is -0.383 e. The molecule has 3 rings (SSSR count). The van der Waals surface area contributed by atoms with Gasteiger partial charge in [0.15, 0.2) is 16.8 Å². The molecule has 0 atom stereocenters. The Kier molecular flexibility index (Phi) is 6.28. The first-order valence-electron chi connectivity index (χ1n) is 8.42. The molecular formula is C18H17F2N5O2S2. The Morgan fingerprint density at radius 1 is 1.17 bits per heavy atom. The van der Waals surface area contributed by atoms with Crippen LogP contribution in [0.3, 0.4) is 0 Å². The number of rotatable bonds is 6. The Balaban J connectivity index is 1.51. The Hall–Kier alpha value is -2.79. The summed E-state index contributed by atoms with van der Waals surface area (Å²) in [5.41, 5.74) is 7.15. The number of halogens is 2. The number of carbonyl (C=O) groups is 2. The van der Waals surface area contributed by atoms with E-state index in [0.29, 0.717) is 11.0 Å². The molecule has 0 saturated heterocycles. The minimum absolute atomic E-state index is 0.00720. The quantitative estimate of drug-likeness (QED) is 0.404. The van der Waals surface area contributed by atoms with Crippen molar-refractivity contribution in [3.63, 3.8) is 0 Å². The zero-order valence-electron chi connectivity index (χ0n) is 15.5. The largest absolute Gasteiger partial charge is 0.383 e. The first kappa shape index (κ1) is 20.9. The van der Waals surface area contributed by atoms with E-state index in [1.54, 1.807) is 0 Å². The normalized spacial score (nSPS) is 10.9. The van der Waals surface area contributed by atoms with Gasteiger partial charge in [0, 0.05) is 16.6 Å². The molecule has 1 aromatic carbocycles. The number of amides is 2. The first-order valence-corrected chi connectivity index (χ1v) is 10.2. The molecule has 0 bridgehead atoms. The van der Waals surface area contributed by atoms with Gasteiger partial charge in [-0.05, 0) is 31.5 Å². The molecular weight excluding hydrogens is 420 g/mol. The number of fused-ring (bicyclic) bond motifs is 1. The molecule has 0 radical (unpaired) electrons. The van der Waals surface area contributed by atoms with E-state index in [1.807, 2.05) is 13.8 Å². The lowest BCUT2D eigenvalue weighted by Gasteiger charge is -2.07. The molecule has 2 amide bonds. The lowest BCUT2D eigenvalue weighted by Crippen LogP contribution is -2.33. The number of carbonyl (C=O) groups excluding carboxylic acids is 2. The van der Waals surface area contributed by atoms with Crippen LogP contribution in [0.5, 0.6) is 0 Å². The van der Waals surface area contributed by atoms with Crippen molar-refractivity contribution in [2.24, 2.45) is 0 Å². The fraction of sp³-hybridized carbons (Fsp3) is 0.222. The number of anilines is 2. The molecule has 0 aliphatic heterocycles. The van der Waals surface area contributed by atoms with Crippen molar-refractivity contribution in [1.82, 2.24) is 15.3 Å². The van der Waals surface area contributed by atoms with Gasteiger partial charge in [0.05, 0.1) is 17.7 Å². The van der Waals surface area contributed by atoms with Crippen molar-refractivity contribution in [3.05, 3.63) is 40.3 Å². The molecule has 29 heavy (non-hydrogen) atoms. The van der Waals surface area contributed by atoms with Gasteiger partial charge in [0.2, 0.25) is 11.8 Å². The van der Waals surface area contributed by atoms with Gasteiger partial charge in [0.1, 0.15) is 10.6 Å². The summed E-state index contributed by atoms with van der Waals surface area (Å²) in [6.07, 6.45) is 0. The van der Waals surface area contributed by atoms with Crippen LogP contribution >= 0.6 is 23.1 Å². The average molecular weight is 437 g/mol. The van der Waals surface area contributed by atoms with Gasteiger partial charge in [-0.1, -0.05) is 11.8 Å². The third-order valence-corrected chi connectivity index (χ3v) is 5.97. The summed E-state index contributed by atoms with van der Waals surface area (Å²) in [5.74, 6) is -2.70. The Labute approximate surface area is 173 Å². The minimum atomic E-state index is -1.07. The Bertz CT molecular complexity index is 1100. The monoisotopic (exact) mass is 437 g/mol. The van der Waals surface area contributed by atoms with Crippen molar-refractivity contribution in [1.29, 1.82) is 0 Å². The summed E-state index contributed by atoms with van der Waals surface area (Å²) < 4.78 is 26.0. The molecule has 3 aromatic rings. The third kappa shape index (κ3) is 4.98. The predicted octanol–water partition coefficient (Wildman–Crippen LogP) is 3.02. The number of aromatic nitrogens is 2. The maximum Gasteiger partial charge on any atom is 0.243 e. The second-order valence-electron chi connectivity index (χ2n) is 6.10. The molecule has 0 spiro atoms. The van der Waals surface area contributed by atoms with Gasteiger partial charge in [-0.2, -0.15) is 0 Å². The van der Waals surface area contributed by atoms with Crippen LogP contribution < -0.4 is 16.4 Å². The van der Waals surface area contributed by atoms with Gasteiger partial charge in [-0.15, -0.1) is 11.3 Å². The fourth-order valence-corrected chi connectivity index (χ4v) is 4.24. The number of nitrogen functional groups attached to an aromatic ring is 1. The van der Waals surface area contributed by atoms with Gasteiger partial charge in [-0.25, -0.2) is 18.7 Å². The van der Waals surface area contributed by atoms with Crippen LogP contribution in [0.25, 0.3) is 10.2 Å². The number of nitrogens with one attached hydrogen (secondary N) is 2. The summed E-state index contributed by atoms with van der Waals surface area (Å²) in [5, 5.41) is 6.01. The topological polar surface area (TPSA) is 110 Å². The summed E-state index contributed by atoms with van der Waals surface area (Å²) in [7, 11) is 0. The maximum absolute atomic E-state index is 13.1. The number of benzene rings is 1. The summed E-state index contributed by atoms with van der Waals surface area (Å²) in [6, 6.07) is 2.98. The molecule has 0 fully saturated rings. The number of aryl methyl sites for hydroxylation is 2. The van der Waals surface area contributed by atoms with E-state index in [-0.39, 0.29) is 18.0 Å². The van der Waals surface area contributed by atoms with Crippen molar-refractivity contribution in [2.45, 2.75) is 19.0 Å². The number of hydrogen-bond acceptors (Lipinski definition) is 7. The lowest BCUT2D eigenvalue weighted by molar-refractivity contribution is -0.122. The van der Waals surface area contributed by atoms with Crippen LogP contribution in [-0.4, -0.2) is 34.1 Å². The molecule has 0 unspecified atom stereocenters. The van der Waals surface area contributed by atoms with Gasteiger partial charge in [-0.3, -0.25) is 9.59 Å². The zero-order valence-corrected chi connectivity index (χ0v) is 17.1. The molecule has 11 heteroatoms. The van der Waals surface area contributed by atoms with Crippen molar-refractivity contribution in [2.75, 3.05) is 23.3 Å². The third-order valence-electron chi connectivity index (χ3n) is 4.02. The summed E-state index contributed by atoms with van der Waals surface area (Å²) in [6.45, 7) is 3.62. The van der Waals surface area contributed by atoms with Crippen LogP contribution in [0.15, 0.2) is 23.4 Å². The molecule has 0 saturated carbocycles. The van der Waals surface area contributed by atoms with Crippen LogP contribution in [0.1, 0.15) is 10.4 Å². The van der Waals surface area contributed by atoms with Crippen LogP contribution in [-0.2, 0) is 9.59 Å². The second kappa shape index (κ2) is 8.70. The summed E-state index contributed by atoms with van der Waals surface area (Å²) in [4.78, 5) is 34.3. The molecule has 0 aliphatic rings. The molecule has 0 aliphatic carbocycles. The maximum atomic E-state index is 13.1. The predicted molar refractivity (Wildman–Crippen MR) is 110 cm³/mol. The fourth-order valence-electron chi connectivity index (χ4n) is 2.46. The van der Waals surface area contributed by atoms with Gasteiger partial charge >= 0.3 is 0 Å². The SMILES string of the molecule is Cc1sc2nc(SCC(=O)NCC(=O)Nc3ccc(F)c(F)c3)nc(N)c2c1C. The molecule has 152 valence electrons. The van der Waals surface area contributed by atoms with Crippen molar-refractivity contribution >= 4 is 56.6 Å². The van der Waals surface area contributed by atoms with Crippen molar-refractivity contribution < 1.29 is 18.4 Å². The second-order valence-corrected chi connectivity index (χ2v) is 8.24. The van der Waals surface area contributed by atoms with E-state index < -0.39 is 23.4 Å². The van der Waals surface area contributed by atoms with Gasteiger partial charge < -0.3 is 16.4 Å². The Morgan fingerprint density at radius 3 is 2.66 bits per heavy atom. The van der Waals surface area contributed by atoms with Crippen molar-refractivity contribution in [3.8, 4) is 0 Å². The standard InChI is InChI=1S/C18H17F2N5O2S2/c1-8-9(2)29-17-15(8)16(21)24-18(25-17)28-7-14(27)22-6-13(26)23-10-3-4-11(19)12(20)5-10/h3-5H,6-7H2,1-2H3,(H,22,27)(H,23,26)(H2,21,24,25). The van der Waals surface area contributed by atoms with E-state index in [4.69, 9.17) is 5.73 Å². The van der Waals surface area contributed by atoms with E-state index in [2.05, 4.69) is 20.6 Å². The number of thioether (sulfide) groups is 1. The highest BCUT2D eigenvalue weighted by molar-refractivity contribution is 7.99. The molecule has 2 heterocycles. The van der Waals surface area contributed by atoms with Crippen LogP contribution in [0, 0.1) is 25.5 Å². The lowest BCUT2D eigenvalue weighted by atomic mass is 10.2. The van der Waals surface area contributed by atoms with Crippen LogP contribution in [0.4, 0.5) is 20.3 Å².